The molecule has 37 heavy (non-hydrogen) atoms. The largest absolute Gasteiger partial charge is 0.485 e. The number of hydrogen-bond acceptors (Lipinski definition) is 8. The normalized spacial score (nSPS) is 16.5. The third-order valence-corrected chi connectivity index (χ3v) is 7.02. The zero-order chi connectivity index (χ0) is 25.8. The third kappa shape index (κ3) is 6.12. The molecule has 1 unspecified atom stereocenters. The molecular weight excluding hydrogens is 472 g/mol. The maximum atomic E-state index is 12.6. The van der Waals surface area contributed by atoms with Gasteiger partial charge in [-0.1, -0.05) is 12.1 Å². The number of carbonyl (C=O) groups excluding carboxylic acids is 1. The maximum absolute atomic E-state index is 12.6. The highest BCUT2D eigenvalue weighted by Crippen LogP contribution is 2.30. The van der Waals surface area contributed by atoms with Gasteiger partial charge in [-0.05, 0) is 61.2 Å². The molecule has 2 aromatic carbocycles. The number of aryl methyl sites for hydroxylation is 1. The first-order valence-electron chi connectivity index (χ1n) is 12.7. The zero-order valence-electron chi connectivity index (χ0n) is 21.3. The van der Waals surface area contributed by atoms with Crippen molar-refractivity contribution >= 4 is 11.6 Å². The van der Waals surface area contributed by atoms with Crippen LogP contribution in [0.2, 0.25) is 0 Å². The van der Waals surface area contributed by atoms with Crippen LogP contribution in [0.4, 0.5) is 5.69 Å². The van der Waals surface area contributed by atoms with Crippen LogP contribution in [0, 0.1) is 13.8 Å². The average molecular weight is 507 g/mol. The lowest BCUT2D eigenvalue weighted by molar-refractivity contribution is 0.0211. The van der Waals surface area contributed by atoms with Gasteiger partial charge in [-0.2, -0.15) is 0 Å². The van der Waals surface area contributed by atoms with Gasteiger partial charge in [0.1, 0.15) is 12.4 Å². The van der Waals surface area contributed by atoms with Crippen molar-refractivity contribution in [2.75, 3.05) is 38.2 Å². The number of rotatable bonds is 10. The van der Waals surface area contributed by atoms with E-state index >= 15 is 0 Å². The van der Waals surface area contributed by atoms with Gasteiger partial charge in [-0.25, -0.2) is 4.98 Å². The molecule has 0 bridgehead atoms. The first kappa shape index (κ1) is 25.3. The van der Waals surface area contributed by atoms with Crippen LogP contribution in [0.5, 0.6) is 5.75 Å². The highest BCUT2D eigenvalue weighted by Gasteiger charge is 2.22. The van der Waals surface area contributed by atoms with Gasteiger partial charge in [0, 0.05) is 37.4 Å². The Morgan fingerprint density at radius 2 is 2.14 bits per heavy atom. The van der Waals surface area contributed by atoms with E-state index < -0.39 is 6.10 Å². The Hall–Kier alpha value is -3.40. The highest BCUT2D eigenvalue weighted by molar-refractivity contribution is 5.95. The summed E-state index contributed by atoms with van der Waals surface area (Å²) < 4.78 is 16.6. The van der Waals surface area contributed by atoms with Crippen molar-refractivity contribution in [1.82, 2.24) is 15.2 Å². The standard InChI is InChI=1S/C28H34N4O5/c1-18-25-8-9-32(12-21(25)6-7-26(18)36-16-27-19(2)30-17-37-27)13-24(33)11-29-28(34)20-4-3-5-22(10-20)31-23-14-35-15-23/h3-7,10,17,23-24,31,33H,8-9,11-16H2,1-2H3,(H,29,34). The van der Waals surface area contributed by atoms with E-state index in [0.717, 1.165) is 48.0 Å². The van der Waals surface area contributed by atoms with Crippen LogP contribution >= 0.6 is 0 Å². The van der Waals surface area contributed by atoms with Crippen molar-refractivity contribution in [1.29, 1.82) is 0 Å². The van der Waals surface area contributed by atoms with Crippen molar-refractivity contribution in [3.8, 4) is 5.75 Å². The molecule has 1 fully saturated rings. The summed E-state index contributed by atoms with van der Waals surface area (Å²) in [7, 11) is 0. The molecule has 9 heteroatoms. The molecule has 0 spiro atoms. The summed E-state index contributed by atoms with van der Waals surface area (Å²) in [5, 5.41) is 16.8. The minimum absolute atomic E-state index is 0.194. The van der Waals surface area contributed by atoms with E-state index in [1.54, 1.807) is 6.07 Å². The fraction of sp³-hybridized carbons (Fsp3) is 0.429. The van der Waals surface area contributed by atoms with Crippen molar-refractivity contribution < 1.29 is 23.8 Å². The summed E-state index contributed by atoms with van der Waals surface area (Å²) in [5.41, 5.74) is 5.98. The molecule has 3 heterocycles. The van der Waals surface area contributed by atoms with E-state index in [4.69, 9.17) is 13.9 Å². The number of β-amino-alcohol motifs (C(OH)–C–C–N with tert-alkyl or cyclic N) is 1. The van der Waals surface area contributed by atoms with Crippen LogP contribution < -0.4 is 15.4 Å². The topological polar surface area (TPSA) is 109 Å². The minimum Gasteiger partial charge on any atom is -0.485 e. The summed E-state index contributed by atoms with van der Waals surface area (Å²) in [6.45, 7) is 7.98. The number of nitrogens with one attached hydrogen (secondary N) is 2. The molecule has 1 atom stereocenters. The molecular formula is C28H34N4O5. The van der Waals surface area contributed by atoms with Gasteiger partial charge in [0.2, 0.25) is 0 Å². The molecule has 1 amide bonds. The van der Waals surface area contributed by atoms with E-state index in [9.17, 15) is 9.90 Å². The maximum Gasteiger partial charge on any atom is 0.251 e. The number of oxazole rings is 1. The second-order valence-electron chi connectivity index (χ2n) is 9.78. The van der Waals surface area contributed by atoms with Gasteiger partial charge >= 0.3 is 0 Å². The van der Waals surface area contributed by atoms with Gasteiger partial charge in [-0.3, -0.25) is 9.69 Å². The molecule has 3 aromatic rings. The molecule has 0 aliphatic carbocycles. The summed E-state index contributed by atoms with van der Waals surface area (Å²) in [6.07, 6.45) is 1.65. The van der Waals surface area contributed by atoms with Gasteiger partial charge in [0.25, 0.3) is 5.91 Å². The molecule has 2 aliphatic rings. The zero-order valence-corrected chi connectivity index (χ0v) is 21.3. The summed E-state index contributed by atoms with van der Waals surface area (Å²) >= 11 is 0. The number of fused-ring (bicyclic) bond motifs is 1. The number of anilines is 1. The van der Waals surface area contributed by atoms with E-state index in [2.05, 4.69) is 33.5 Å². The van der Waals surface area contributed by atoms with Crippen LogP contribution in [0.1, 0.15) is 38.5 Å². The Kier molecular flexibility index (Phi) is 7.73. The first-order chi connectivity index (χ1) is 18.0. The molecule has 3 N–H and O–H groups in total. The average Bonchev–Trinajstić information content (AvgIpc) is 3.29. The number of aromatic nitrogens is 1. The van der Waals surface area contributed by atoms with Crippen LogP contribution in [0.3, 0.4) is 0 Å². The van der Waals surface area contributed by atoms with Crippen LogP contribution in [-0.2, 0) is 24.3 Å². The highest BCUT2D eigenvalue weighted by atomic mass is 16.5. The second-order valence-corrected chi connectivity index (χ2v) is 9.78. The minimum atomic E-state index is -0.659. The van der Waals surface area contributed by atoms with Crippen LogP contribution in [0.15, 0.2) is 47.2 Å². The number of aliphatic hydroxyl groups excluding tert-OH is 1. The second kappa shape index (κ2) is 11.3. The quantitative estimate of drug-likeness (QED) is 0.385. The van der Waals surface area contributed by atoms with Gasteiger partial charge in [-0.15, -0.1) is 0 Å². The van der Waals surface area contributed by atoms with Crippen LogP contribution in [-0.4, -0.2) is 65.9 Å². The predicted octanol–water partition coefficient (Wildman–Crippen LogP) is 2.83. The van der Waals surface area contributed by atoms with E-state index in [-0.39, 0.29) is 12.5 Å². The molecule has 2 aliphatic heterocycles. The molecule has 0 radical (unpaired) electrons. The fourth-order valence-corrected chi connectivity index (χ4v) is 4.78. The van der Waals surface area contributed by atoms with E-state index in [0.29, 0.717) is 38.0 Å². The Labute approximate surface area is 216 Å². The molecule has 0 saturated carbocycles. The number of aliphatic hydroxyl groups is 1. The predicted molar refractivity (Wildman–Crippen MR) is 139 cm³/mol. The monoisotopic (exact) mass is 506 g/mol. The number of benzene rings is 2. The number of hydrogen-bond donors (Lipinski definition) is 3. The van der Waals surface area contributed by atoms with E-state index in [1.807, 2.05) is 31.2 Å². The lowest BCUT2D eigenvalue weighted by atomic mass is 9.94. The van der Waals surface area contributed by atoms with Crippen molar-refractivity contribution in [3.05, 3.63) is 76.5 Å². The number of ether oxygens (including phenoxy) is 2. The summed E-state index contributed by atoms with van der Waals surface area (Å²) in [6, 6.07) is 11.8. The Bertz CT molecular complexity index is 1240. The van der Waals surface area contributed by atoms with Gasteiger partial charge in [0.05, 0.1) is 31.1 Å². The third-order valence-electron chi connectivity index (χ3n) is 7.02. The lowest BCUT2D eigenvalue weighted by Gasteiger charge is -2.31. The fourth-order valence-electron chi connectivity index (χ4n) is 4.78. The Balaban J connectivity index is 1.10. The molecule has 9 nitrogen and oxygen atoms in total. The van der Waals surface area contributed by atoms with Crippen molar-refractivity contribution in [3.63, 3.8) is 0 Å². The number of nitrogens with zero attached hydrogens (tertiary/aromatic N) is 2. The first-order valence-corrected chi connectivity index (χ1v) is 12.7. The molecule has 196 valence electrons. The number of carbonyl (C=O) groups is 1. The molecule has 5 rings (SSSR count). The smallest absolute Gasteiger partial charge is 0.251 e. The molecule has 1 aromatic heterocycles. The van der Waals surface area contributed by atoms with Gasteiger partial charge in [0.15, 0.2) is 12.2 Å². The van der Waals surface area contributed by atoms with Crippen molar-refractivity contribution in [2.24, 2.45) is 0 Å². The number of amides is 1. The lowest BCUT2D eigenvalue weighted by Crippen LogP contribution is -2.42. The molecule has 1 saturated heterocycles. The summed E-state index contributed by atoms with van der Waals surface area (Å²) in [5.74, 6) is 1.39. The Morgan fingerprint density at radius 3 is 2.89 bits per heavy atom. The SMILES string of the molecule is Cc1ncoc1COc1ccc2c(c1C)CCN(CC(O)CNC(=O)c1cccc(NC3COC3)c1)C2. The van der Waals surface area contributed by atoms with E-state index in [1.165, 1.54) is 17.5 Å². The van der Waals surface area contributed by atoms with Gasteiger partial charge < -0.3 is 29.6 Å². The van der Waals surface area contributed by atoms with Crippen molar-refractivity contribution in [2.45, 2.75) is 45.6 Å². The summed E-state index contributed by atoms with van der Waals surface area (Å²) in [4.78, 5) is 19.0. The Morgan fingerprint density at radius 1 is 1.27 bits per heavy atom. The van der Waals surface area contributed by atoms with Crippen LogP contribution in [0.25, 0.3) is 0 Å².